The zero-order valence-corrected chi connectivity index (χ0v) is 17.5. The molecule has 2 rings (SSSR count). The van der Waals surface area contributed by atoms with E-state index in [1.54, 1.807) is 0 Å². The highest BCUT2D eigenvalue weighted by Crippen LogP contribution is 2.25. The van der Waals surface area contributed by atoms with E-state index >= 15 is 0 Å². The first kappa shape index (κ1) is 21.0. The molecule has 2 aliphatic rings. The van der Waals surface area contributed by atoms with Crippen molar-refractivity contribution < 1.29 is 9.47 Å². The lowest BCUT2D eigenvalue weighted by atomic mass is 9.94. The Bertz CT molecular complexity index is 371. The first-order valence-electron chi connectivity index (χ1n) is 8.67. The first-order chi connectivity index (χ1) is 10.6. The van der Waals surface area contributed by atoms with E-state index in [2.05, 4.69) is 29.1 Å². The Hall–Kier alpha value is -0.0800. The zero-order chi connectivity index (χ0) is 16.0. The zero-order valence-electron chi connectivity index (χ0n) is 15.1. The van der Waals surface area contributed by atoms with Crippen molar-refractivity contribution in [1.82, 2.24) is 10.2 Å². The summed E-state index contributed by atoms with van der Waals surface area (Å²) < 4.78 is 11.3. The third-order valence-electron chi connectivity index (χ3n) is 5.01. The van der Waals surface area contributed by atoms with E-state index in [-0.39, 0.29) is 29.6 Å². The second kappa shape index (κ2) is 10.0. The van der Waals surface area contributed by atoms with Crippen LogP contribution in [0, 0.1) is 11.8 Å². The van der Waals surface area contributed by atoms with Crippen LogP contribution in [-0.2, 0) is 9.47 Å². The molecule has 0 radical (unpaired) electrons. The number of halogens is 1. The van der Waals surface area contributed by atoms with Gasteiger partial charge >= 0.3 is 0 Å². The molecule has 1 N–H and O–H groups in total. The summed E-state index contributed by atoms with van der Waals surface area (Å²) >= 11 is 0. The van der Waals surface area contributed by atoms with Crippen LogP contribution in [0.25, 0.3) is 0 Å². The minimum Gasteiger partial charge on any atom is -0.381 e. The SMILES string of the molecule is CN=C(NCC1(OC)CCOCC1)N1CCC(CC(C)C)C1.I. The maximum absolute atomic E-state index is 5.79. The summed E-state index contributed by atoms with van der Waals surface area (Å²) in [5, 5.41) is 3.54. The Balaban J connectivity index is 0.00000264. The number of likely N-dealkylation sites (tertiary alicyclic amines) is 1. The van der Waals surface area contributed by atoms with Crippen LogP contribution in [0.5, 0.6) is 0 Å². The third-order valence-corrected chi connectivity index (χ3v) is 5.01. The first-order valence-corrected chi connectivity index (χ1v) is 8.67. The van der Waals surface area contributed by atoms with E-state index < -0.39 is 0 Å². The van der Waals surface area contributed by atoms with Gasteiger partial charge in [-0.2, -0.15) is 0 Å². The summed E-state index contributed by atoms with van der Waals surface area (Å²) in [7, 11) is 3.69. The van der Waals surface area contributed by atoms with Crippen LogP contribution in [0.15, 0.2) is 4.99 Å². The van der Waals surface area contributed by atoms with Crippen LogP contribution < -0.4 is 5.32 Å². The van der Waals surface area contributed by atoms with E-state index in [1.165, 1.54) is 12.8 Å². The van der Waals surface area contributed by atoms with Crippen LogP contribution in [0.4, 0.5) is 0 Å². The molecule has 0 aromatic carbocycles. The average molecular weight is 439 g/mol. The molecule has 136 valence electrons. The highest BCUT2D eigenvalue weighted by atomic mass is 127. The monoisotopic (exact) mass is 439 g/mol. The molecule has 2 saturated heterocycles. The maximum Gasteiger partial charge on any atom is 0.193 e. The van der Waals surface area contributed by atoms with Crippen LogP contribution in [0.1, 0.15) is 39.5 Å². The number of ether oxygens (including phenoxy) is 2. The molecule has 2 aliphatic heterocycles. The van der Waals surface area contributed by atoms with Crippen molar-refractivity contribution in [2.24, 2.45) is 16.8 Å². The van der Waals surface area contributed by atoms with Crippen LogP contribution in [0.2, 0.25) is 0 Å². The van der Waals surface area contributed by atoms with Crippen LogP contribution in [-0.4, -0.2) is 63.5 Å². The van der Waals surface area contributed by atoms with Gasteiger partial charge in [-0.1, -0.05) is 13.8 Å². The molecule has 23 heavy (non-hydrogen) atoms. The molecular formula is C17H34IN3O2. The molecule has 0 saturated carbocycles. The second-order valence-corrected chi connectivity index (χ2v) is 7.13. The highest BCUT2D eigenvalue weighted by molar-refractivity contribution is 14.0. The number of nitrogens with one attached hydrogen (secondary N) is 1. The Labute approximate surface area is 158 Å². The Morgan fingerprint density at radius 3 is 2.65 bits per heavy atom. The number of rotatable bonds is 5. The molecule has 0 aromatic heterocycles. The summed E-state index contributed by atoms with van der Waals surface area (Å²) in [4.78, 5) is 6.88. The molecule has 0 amide bonds. The minimum absolute atomic E-state index is 0. The molecule has 0 aliphatic carbocycles. The summed E-state index contributed by atoms with van der Waals surface area (Å²) in [6.07, 6.45) is 4.49. The number of nitrogens with zero attached hydrogens (tertiary/aromatic N) is 2. The van der Waals surface area contributed by atoms with Crippen LogP contribution in [0.3, 0.4) is 0 Å². The molecule has 5 nitrogen and oxygen atoms in total. The fourth-order valence-corrected chi connectivity index (χ4v) is 3.65. The standard InChI is InChI=1S/C17H33N3O2.HI/c1-14(2)11-15-5-8-20(12-15)16(18-3)19-13-17(21-4)6-9-22-10-7-17;/h14-15H,5-13H2,1-4H3,(H,18,19);1H. The number of aliphatic imine (C=N–C) groups is 1. The van der Waals surface area contributed by atoms with Gasteiger partial charge in [0, 0.05) is 59.8 Å². The average Bonchev–Trinajstić information content (AvgIpc) is 2.96. The van der Waals surface area contributed by atoms with Gasteiger partial charge in [-0.05, 0) is 24.7 Å². The fourth-order valence-electron chi connectivity index (χ4n) is 3.65. The number of hydrogen-bond donors (Lipinski definition) is 1. The van der Waals surface area contributed by atoms with Gasteiger partial charge in [-0.25, -0.2) is 0 Å². The van der Waals surface area contributed by atoms with Gasteiger partial charge in [-0.15, -0.1) is 24.0 Å². The predicted molar refractivity (Wildman–Crippen MR) is 106 cm³/mol. The highest BCUT2D eigenvalue weighted by Gasteiger charge is 2.33. The van der Waals surface area contributed by atoms with E-state index in [0.717, 1.165) is 63.5 Å². The molecule has 0 spiro atoms. The minimum atomic E-state index is -0.106. The molecule has 2 fully saturated rings. The van der Waals surface area contributed by atoms with Gasteiger partial charge < -0.3 is 19.7 Å². The summed E-state index contributed by atoms with van der Waals surface area (Å²) in [6.45, 7) is 9.24. The number of guanidine groups is 1. The van der Waals surface area contributed by atoms with Crippen molar-refractivity contribution in [3.05, 3.63) is 0 Å². The smallest absolute Gasteiger partial charge is 0.193 e. The summed E-state index contributed by atoms with van der Waals surface area (Å²) in [5.41, 5.74) is -0.106. The van der Waals surface area contributed by atoms with Gasteiger partial charge in [0.15, 0.2) is 5.96 Å². The third kappa shape index (κ3) is 6.05. The molecule has 0 aromatic rings. The van der Waals surface area contributed by atoms with E-state index in [0.29, 0.717) is 0 Å². The molecular weight excluding hydrogens is 405 g/mol. The topological polar surface area (TPSA) is 46.1 Å². The molecule has 1 unspecified atom stereocenters. The largest absolute Gasteiger partial charge is 0.381 e. The lowest BCUT2D eigenvalue weighted by molar-refractivity contribution is -0.0857. The van der Waals surface area contributed by atoms with Crippen molar-refractivity contribution in [2.45, 2.75) is 45.1 Å². The van der Waals surface area contributed by atoms with Crippen molar-refractivity contribution >= 4 is 29.9 Å². The number of hydrogen-bond acceptors (Lipinski definition) is 3. The van der Waals surface area contributed by atoms with Gasteiger partial charge in [-0.3, -0.25) is 4.99 Å². The van der Waals surface area contributed by atoms with Crippen molar-refractivity contribution in [3.63, 3.8) is 0 Å². The van der Waals surface area contributed by atoms with Gasteiger partial charge in [0.25, 0.3) is 0 Å². The van der Waals surface area contributed by atoms with Crippen molar-refractivity contribution in [2.75, 3.05) is 47.0 Å². The summed E-state index contributed by atoms with van der Waals surface area (Å²) in [5.74, 6) is 2.60. The maximum atomic E-state index is 5.79. The van der Waals surface area contributed by atoms with Crippen molar-refractivity contribution in [3.8, 4) is 0 Å². The lowest BCUT2D eigenvalue weighted by Gasteiger charge is -2.37. The Morgan fingerprint density at radius 1 is 1.39 bits per heavy atom. The summed E-state index contributed by atoms with van der Waals surface area (Å²) in [6, 6.07) is 0. The quantitative estimate of drug-likeness (QED) is 0.407. The normalized spacial score (nSPS) is 24.7. The fraction of sp³-hybridized carbons (Fsp3) is 0.941. The molecule has 6 heteroatoms. The van der Waals surface area contributed by atoms with E-state index in [9.17, 15) is 0 Å². The van der Waals surface area contributed by atoms with Gasteiger partial charge in [0.1, 0.15) is 0 Å². The predicted octanol–water partition coefficient (Wildman–Crippen LogP) is 2.74. The van der Waals surface area contributed by atoms with E-state index in [1.807, 2.05) is 14.2 Å². The van der Waals surface area contributed by atoms with Gasteiger partial charge in [0.05, 0.1) is 5.60 Å². The molecule has 0 bridgehead atoms. The molecule has 1 atom stereocenters. The van der Waals surface area contributed by atoms with E-state index in [4.69, 9.17) is 9.47 Å². The van der Waals surface area contributed by atoms with Crippen molar-refractivity contribution in [1.29, 1.82) is 0 Å². The van der Waals surface area contributed by atoms with Gasteiger partial charge in [0.2, 0.25) is 0 Å². The Kier molecular flexibility index (Phi) is 9.15. The second-order valence-electron chi connectivity index (χ2n) is 7.13. The Morgan fingerprint density at radius 2 is 2.09 bits per heavy atom. The molecule has 2 heterocycles. The number of methoxy groups -OCH3 is 1. The van der Waals surface area contributed by atoms with Crippen LogP contribution >= 0.6 is 24.0 Å². The lowest BCUT2D eigenvalue weighted by Crippen LogP contribution is -2.51.